The van der Waals surface area contributed by atoms with E-state index in [1.807, 2.05) is 62.7 Å². The van der Waals surface area contributed by atoms with Crippen molar-refractivity contribution in [2.24, 2.45) is 0 Å². The van der Waals surface area contributed by atoms with E-state index >= 15 is 0 Å². The molecule has 0 aliphatic rings. The Kier molecular flexibility index (Phi) is 6.70. The van der Waals surface area contributed by atoms with Crippen molar-refractivity contribution in [3.63, 3.8) is 0 Å². The molecule has 0 radical (unpaired) electrons. The number of fused-ring (bicyclic) bond motifs is 1. The summed E-state index contributed by atoms with van der Waals surface area (Å²) >= 11 is 0. The van der Waals surface area contributed by atoms with Crippen molar-refractivity contribution in [3.8, 4) is 28.8 Å². The van der Waals surface area contributed by atoms with Gasteiger partial charge in [-0.05, 0) is 88.6 Å². The molecule has 3 heterocycles. The molecule has 3 aromatic heterocycles. The Morgan fingerprint density at radius 2 is 1.68 bits per heavy atom. The van der Waals surface area contributed by atoms with Crippen LogP contribution < -0.4 is 9.47 Å². The molecule has 0 spiro atoms. The molecule has 0 fully saturated rings. The number of benzene rings is 2. The van der Waals surface area contributed by atoms with E-state index in [9.17, 15) is 0 Å². The standard InChI is InChI=1S/C30H32N4O3/c1-7-22-8-12-24(13-9-22)34-29-28(20(5)33-34)19(4)16-27(32-29)35-17-26-21(6)37-30(31-26)23-10-14-25(15-11-23)36-18(2)3/h8-16,18H,7,17H2,1-6H3. The number of nitrogens with zero attached hydrogens (tertiary/aromatic N) is 4. The summed E-state index contributed by atoms with van der Waals surface area (Å²) in [7, 11) is 0. The lowest BCUT2D eigenvalue weighted by Crippen LogP contribution is -2.05. The third-order valence-electron chi connectivity index (χ3n) is 6.30. The molecular weight excluding hydrogens is 464 g/mol. The Labute approximate surface area is 217 Å². The number of hydrogen-bond donors (Lipinski definition) is 0. The van der Waals surface area contributed by atoms with Gasteiger partial charge < -0.3 is 13.9 Å². The van der Waals surface area contributed by atoms with Crippen LogP contribution in [-0.4, -0.2) is 25.9 Å². The third kappa shape index (κ3) is 5.07. The molecule has 0 N–H and O–H groups in total. The summed E-state index contributed by atoms with van der Waals surface area (Å²) in [4.78, 5) is 9.50. The maximum absolute atomic E-state index is 6.12. The van der Waals surface area contributed by atoms with Gasteiger partial charge in [0, 0.05) is 17.0 Å². The van der Waals surface area contributed by atoms with Gasteiger partial charge in [0.2, 0.25) is 11.8 Å². The Hall–Kier alpha value is -4.13. The summed E-state index contributed by atoms with van der Waals surface area (Å²) in [5.41, 5.74) is 6.65. The second-order valence-electron chi connectivity index (χ2n) is 9.49. The lowest BCUT2D eigenvalue weighted by atomic mass is 10.1. The lowest BCUT2D eigenvalue weighted by Gasteiger charge is -2.09. The van der Waals surface area contributed by atoms with Gasteiger partial charge in [0.1, 0.15) is 23.8 Å². The van der Waals surface area contributed by atoms with Crippen LogP contribution in [0.1, 0.15) is 49.0 Å². The number of oxazole rings is 1. The van der Waals surface area contributed by atoms with Gasteiger partial charge in [0.25, 0.3) is 0 Å². The summed E-state index contributed by atoms with van der Waals surface area (Å²) in [5, 5.41) is 5.81. The third-order valence-corrected chi connectivity index (χ3v) is 6.30. The van der Waals surface area contributed by atoms with E-state index in [4.69, 9.17) is 24.0 Å². The molecule has 37 heavy (non-hydrogen) atoms. The molecule has 7 heteroatoms. The van der Waals surface area contributed by atoms with E-state index in [0.29, 0.717) is 17.5 Å². The molecule has 7 nitrogen and oxygen atoms in total. The van der Waals surface area contributed by atoms with Crippen molar-refractivity contribution in [2.45, 2.75) is 60.7 Å². The lowest BCUT2D eigenvalue weighted by molar-refractivity contribution is 0.242. The summed E-state index contributed by atoms with van der Waals surface area (Å²) in [6.45, 7) is 12.4. The first kappa shape index (κ1) is 24.6. The van der Waals surface area contributed by atoms with Gasteiger partial charge in [-0.1, -0.05) is 19.1 Å². The Morgan fingerprint density at radius 3 is 2.35 bits per heavy atom. The zero-order valence-electron chi connectivity index (χ0n) is 22.2. The van der Waals surface area contributed by atoms with Gasteiger partial charge in [0.15, 0.2) is 5.65 Å². The molecule has 2 aromatic carbocycles. The minimum Gasteiger partial charge on any atom is -0.491 e. The molecule has 0 saturated carbocycles. The molecule has 0 aliphatic carbocycles. The van der Waals surface area contributed by atoms with Gasteiger partial charge >= 0.3 is 0 Å². The number of pyridine rings is 1. The summed E-state index contributed by atoms with van der Waals surface area (Å²) in [6.07, 6.45) is 1.12. The first-order valence-electron chi connectivity index (χ1n) is 12.6. The van der Waals surface area contributed by atoms with Crippen LogP contribution in [0.5, 0.6) is 11.6 Å². The van der Waals surface area contributed by atoms with E-state index in [1.54, 1.807) is 0 Å². The summed E-state index contributed by atoms with van der Waals surface area (Å²) < 4.78 is 19.7. The zero-order chi connectivity index (χ0) is 26.1. The van der Waals surface area contributed by atoms with E-state index in [1.165, 1.54) is 5.56 Å². The van der Waals surface area contributed by atoms with Gasteiger partial charge in [-0.15, -0.1) is 0 Å². The van der Waals surface area contributed by atoms with E-state index in [-0.39, 0.29) is 12.7 Å². The van der Waals surface area contributed by atoms with E-state index < -0.39 is 0 Å². The van der Waals surface area contributed by atoms with Crippen LogP contribution in [-0.2, 0) is 13.0 Å². The first-order valence-corrected chi connectivity index (χ1v) is 12.6. The molecule has 0 atom stereocenters. The largest absolute Gasteiger partial charge is 0.491 e. The van der Waals surface area contributed by atoms with Crippen LogP contribution in [0.3, 0.4) is 0 Å². The first-order chi connectivity index (χ1) is 17.8. The number of rotatable bonds is 8. The van der Waals surface area contributed by atoms with Crippen LogP contribution in [0.25, 0.3) is 28.2 Å². The monoisotopic (exact) mass is 496 g/mol. The minimum atomic E-state index is 0.124. The summed E-state index contributed by atoms with van der Waals surface area (Å²) in [5.74, 6) is 2.61. The van der Waals surface area contributed by atoms with Crippen LogP contribution >= 0.6 is 0 Å². The van der Waals surface area contributed by atoms with Crippen LogP contribution in [0, 0.1) is 20.8 Å². The Bertz CT molecular complexity index is 1530. The van der Waals surface area contributed by atoms with Gasteiger partial charge in [-0.25, -0.2) is 9.67 Å². The van der Waals surface area contributed by atoms with E-state index in [2.05, 4.69) is 43.1 Å². The maximum atomic E-state index is 6.12. The minimum absolute atomic E-state index is 0.124. The molecule has 0 bridgehead atoms. The quantitative estimate of drug-likeness (QED) is 0.232. The fraction of sp³-hybridized carbons (Fsp3) is 0.300. The molecule has 0 aliphatic heterocycles. The second kappa shape index (κ2) is 10.1. The van der Waals surface area contributed by atoms with Crippen molar-refractivity contribution in [1.82, 2.24) is 19.7 Å². The topological polar surface area (TPSA) is 75.2 Å². The fourth-order valence-corrected chi connectivity index (χ4v) is 4.38. The highest BCUT2D eigenvalue weighted by molar-refractivity contribution is 5.84. The van der Waals surface area contributed by atoms with Gasteiger partial charge in [-0.3, -0.25) is 0 Å². The van der Waals surface area contributed by atoms with Crippen molar-refractivity contribution >= 4 is 11.0 Å². The van der Waals surface area contributed by atoms with Crippen LogP contribution in [0.2, 0.25) is 0 Å². The average molecular weight is 497 g/mol. The summed E-state index contributed by atoms with van der Waals surface area (Å²) in [6, 6.07) is 18.1. The highest BCUT2D eigenvalue weighted by Crippen LogP contribution is 2.28. The van der Waals surface area contributed by atoms with Crippen molar-refractivity contribution in [2.75, 3.05) is 0 Å². The van der Waals surface area contributed by atoms with Crippen molar-refractivity contribution in [1.29, 1.82) is 0 Å². The molecule has 0 saturated heterocycles. The predicted octanol–water partition coefficient (Wildman–Crippen LogP) is 6.93. The average Bonchev–Trinajstić information content (AvgIpc) is 3.42. The highest BCUT2D eigenvalue weighted by Gasteiger charge is 2.17. The Balaban J connectivity index is 1.38. The molecule has 190 valence electrons. The number of aryl methyl sites for hydroxylation is 4. The SMILES string of the molecule is CCc1ccc(-n2nc(C)c3c(C)cc(OCc4nc(-c5ccc(OC(C)C)cc5)oc4C)nc32)cc1. The van der Waals surface area contributed by atoms with E-state index in [0.717, 1.165) is 51.4 Å². The smallest absolute Gasteiger partial charge is 0.226 e. The number of ether oxygens (including phenoxy) is 2. The van der Waals surface area contributed by atoms with Gasteiger partial charge in [-0.2, -0.15) is 10.1 Å². The number of aromatic nitrogens is 4. The molecule has 0 unspecified atom stereocenters. The highest BCUT2D eigenvalue weighted by atomic mass is 16.5. The molecule has 0 amide bonds. The maximum Gasteiger partial charge on any atom is 0.226 e. The number of hydrogen-bond acceptors (Lipinski definition) is 6. The molecular formula is C30H32N4O3. The van der Waals surface area contributed by atoms with Gasteiger partial charge in [0.05, 0.1) is 17.5 Å². The second-order valence-corrected chi connectivity index (χ2v) is 9.49. The van der Waals surface area contributed by atoms with Crippen LogP contribution in [0.4, 0.5) is 0 Å². The molecule has 5 rings (SSSR count). The molecule has 5 aromatic rings. The predicted molar refractivity (Wildman–Crippen MR) is 144 cm³/mol. The Morgan fingerprint density at radius 1 is 0.946 bits per heavy atom. The van der Waals surface area contributed by atoms with Crippen molar-refractivity contribution in [3.05, 3.63) is 82.9 Å². The normalized spacial score (nSPS) is 11.4. The zero-order valence-corrected chi connectivity index (χ0v) is 22.2. The van der Waals surface area contributed by atoms with Crippen molar-refractivity contribution < 1.29 is 13.9 Å². The fourth-order valence-electron chi connectivity index (χ4n) is 4.38. The van der Waals surface area contributed by atoms with Crippen LogP contribution in [0.15, 0.2) is 59.0 Å².